The molecule has 1 rings (SSSR count). The van der Waals surface area contributed by atoms with Crippen molar-refractivity contribution >= 4 is 17.9 Å². The number of rotatable bonds is 5. The number of carboxylic acid groups (broad SMARTS) is 1. The van der Waals surface area contributed by atoms with E-state index in [0.717, 1.165) is 14.2 Å². The summed E-state index contributed by atoms with van der Waals surface area (Å²) in [4.78, 5) is 33.7. The van der Waals surface area contributed by atoms with E-state index < -0.39 is 24.5 Å². The summed E-state index contributed by atoms with van der Waals surface area (Å²) in [6.45, 7) is -0.644. The molecule has 0 aliphatic carbocycles. The van der Waals surface area contributed by atoms with E-state index in [4.69, 9.17) is 9.84 Å². The van der Waals surface area contributed by atoms with Gasteiger partial charge in [-0.2, -0.15) is 0 Å². The van der Waals surface area contributed by atoms with Crippen LogP contribution in [0.3, 0.4) is 0 Å². The predicted molar refractivity (Wildman–Crippen MR) is 62.3 cm³/mol. The van der Waals surface area contributed by atoms with Gasteiger partial charge in [0.25, 0.3) is 0 Å². The fourth-order valence-corrected chi connectivity index (χ4v) is 1.38. The maximum absolute atomic E-state index is 11.7. The second kappa shape index (κ2) is 6.39. The first-order valence-electron chi connectivity index (χ1n) is 5.15. The van der Waals surface area contributed by atoms with Gasteiger partial charge in [-0.15, -0.1) is 0 Å². The monoisotopic (exact) mass is 268 g/mol. The molecule has 0 saturated carbocycles. The average Bonchev–Trinajstić information content (AvgIpc) is 2.42. The van der Waals surface area contributed by atoms with Crippen molar-refractivity contribution in [2.45, 2.75) is 0 Å². The number of ether oxygens (including phenoxy) is 3. The van der Waals surface area contributed by atoms with Crippen LogP contribution in [0.2, 0.25) is 0 Å². The van der Waals surface area contributed by atoms with Gasteiger partial charge in [-0.1, -0.05) is 6.07 Å². The van der Waals surface area contributed by atoms with Crippen molar-refractivity contribution in [2.75, 3.05) is 20.8 Å². The van der Waals surface area contributed by atoms with Gasteiger partial charge in [-0.3, -0.25) is 0 Å². The number of esters is 2. The summed E-state index contributed by atoms with van der Waals surface area (Å²) < 4.78 is 14.0. The van der Waals surface area contributed by atoms with Gasteiger partial charge < -0.3 is 19.3 Å². The Balaban J connectivity index is 3.25. The van der Waals surface area contributed by atoms with Gasteiger partial charge >= 0.3 is 17.9 Å². The number of carbonyl (C=O) groups excluding carboxylic acids is 2. The van der Waals surface area contributed by atoms with Crippen molar-refractivity contribution in [2.24, 2.45) is 0 Å². The zero-order valence-corrected chi connectivity index (χ0v) is 10.3. The van der Waals surface area contributed by atoms with Crippen molar-refractivity contribution in [3.05, 3.63) is 29.3 Å². The van der Waals surface area contributed by atoms with Crippen molar-refractivity contribution in [1.29, 1.82) is 0 Å². The first kappa shape index (κ1) is 14.5. The van der Waals surface area contributed by atoms with Crippen molar-refractivity contribution in [3.8, 4) is 5.75 Å². The zero-order valence-electron chi connectivity index (χ0n) is 10.3. The van der Waals surface area contributed by atoms with Crippen LogP contribution in [0.25, 0.3) is 0 Å². The molecule has 1 aromatic carbocycles. The Hall–Kier alpha value is -2.57. The highest BCUT2D eigenvalue weighted by Crippen LogP contribution is 2.24. The highest BCUT2D eigenvalue weighted by molar-refractivity contribution is 6.05. The number of carbonyl (C=O) groups is 3. The summed E-state index contributed by atoms with van der Waals surface area (Å²) in [5.74, 6) is -2.83. The third-order valence-electron chi connectivity index (χ3n) is 2.17. The smallest absolute Gasteiger partial charge is 0.342 e. The fraction of sp³-hybridized carbons (Fsp3) is 0.250. The molecule has 0 amide bonds. The third kappa shape index (κ3) is 3.44. The van der Waals surface area contributed by atoms with E-state index in [0.29, 0.717) is 0 Å². The molecule has 0 spiro atoms. The van der Waals surface area contributed by atoms with E-state index in [9.17, 15) is 14.4 Å². The lowest BCUT2D eigenvalue weighted by Crippen LogP contribution is -2.16. The van der Waals surface area contributed by atoms with Crippen LogP contribution in [0, 0.1) is 0 Å². The Labute approximate surface area is 108 Å². The van der Waals surface area contributed by atoms with Crippen molar-refractivity contribution in [1.82, 2.24) is 0 Å². The lowest BCUT2D eigenvalue weighted by molar-refractivity contribution is -0.139. The summed E-state index contributed by atoms with van der Waals surface area (Å²) in [5, 5.41) is 8.55. The Morgan fingerprint density at radius 3 is 2.26 bits per heavy atom. The number of methoxy groups -OCH3 is 2. The normalized spacial score (nSPS) is 9.58. The first-order valence-corrected chi connectivity index (χ1v) is 5.15. The minimum atomic E-state index is -1.21. The highest BCUT2D eigenvalue weighted by atomic mass is 16.5. The van der Waals surface area contributed by atoms with Gasteiger partial charge in [-0.05, 0) is 12.1 Å². The molecule has 0 atom stereocenters. The van der Waals surface area contributed by atoms with Gasteiger partial charge in [0.1, 0.15) is 11.3 Å². The van der Waals surface area contributed by atoms with E-state index in [1.54, 1.807) is 0 Å². The van der Waals surface area contributed by atoms with Crippen LogP contribution in [0.15, 0.2) is 18.2 Å². The highest BCUT2D eigenvalue weighted by Gasteiger charge is 2.23. The molecular formula is C12H12O7. The molecule has 1 N–H and O–H groups in total. The summed E-state index contributed by atoms with van der Waals surface area (Å²) >= 11 is 0. The molecule has 0 aliphatic rings. The molecule has 0 radical (unpaired) electrons. The molecule has 102 valence electrons. The minimum absolute atomic E-state index is 0.0581. The van der Waals surface area contributed by atoms with Crippen LogP contribution >= 0.6 is 0 Å². The summed E-state index contributed by atoms with van der Waals surface area (Å²) in [7, 11) is 2.30. The summed E-state index contributed by atoms with van der Waals surface area (Å²) in [6, 6.07) is 4.16. The predicted octanol–water partition coefficient (Wildman–Crippen LogP) is 0.723. The van der Waals surface area contributed by atoms with Crippen molar-refractivity contribution in [3.63, 3.8) is 0 Å². The van der Waals surface area contributed by atoms with Crippen molar-refractivity contribution < 1.29 is 33.7 Å². The van der Waals surface area contributed by atoms with E-state index in [1.165, 1.54) is 18.2 Å². The minimum Gasteiger partial charge on any atom is -0.481 e. The van der Waals surface area contributed by atoms with E-state index >= 15 is 0 Å². The third-order valence-corrected chi connectivity index (χ3v) is 2.17. The standard InChI is InChI=1S/C12H12O7/c1-17-11(15)7-4-3-5-8(19-6-9(13)14)10(7)12(16)18-2/h3-5H,6H2,1-2H3,(H,13,14). The SMILES string of the molecule is COC(=O)c1cccc(OCC(=O)O)c1C(=O)OC. The quantitative estimate of drug-likeness (QED) is 0.785. The molecular weight excluding hydrogens is 256 g/mol. The second-order valence-corrected chi connectivity index (χ2v) is 3.34. The van der Waals surface area contributed by atoms with Crippen LogP contribution in [0.1, 0.15) is 20.7 Å². The molecule has 7 nitrogen and oxygen atoms in total. The molecule has 1 aromatic rings. The zero-order chi connectivity index (χ0) is 14.4. The largest absolute Gasteiger partial charge is 0.481 e. The van der Waals surface area contributed by atoms with E-state index in [1.807, 2.05) is 0 Å². The molecule has 0 aromatic heterocycles. The fourth-order valence-electron chi connectivity index (χ4n) is 1.38. The Bertz CT molecular complexity index is 507. The molecule has 0 bridgehead atoms. The Kier molecular flexibility index (Phi) is 4.87. The molecule has 19 heavy (non-hydrogen) atoms. The van der Waals surface area contributed by atoms with Crippen LogP contribution in [0.5, 0.6) is 5.75 Å². The van der Waals surface area contributed by atoms with Gasteiger partial charge in [0.15, 0.2) is 6.61 Å². The number of hydrogen-bond donors (Lipinski definition) is 1. The summed E-state index contributed by atoms with van der Waals surface area (Å²) in [6.07, 6.45) is 0. The number of hydrogen-bond acceptors (Lipinski definition) is 6. The molecule has 0 fully saturated rings. The molecule has 0 unspecified atom stereocenters. The van der Waals surface area contributed by atoms with Gasteiger partial charge in [0, 0.05) is 0 Å². The lowest BCUT2D eigenvalue weighted by atomic mass is 10.1. The van der Waals surface area contributed by atoms with Crippen LogP contribution in [-0.4, -0.2) is 43.8 Å². The maximum atomic E-state index is 11.7. The van der Waals surface area contributed by atoms with Crippen LogP contribution in [0.4, 0.5) is 0 Å². The number of aliphatic carboxylic acids is 1. The molecule has 0 heterocycles. The first-order chi connectivity index (χ1) is 9.01. The Morgan fingerprint density at radius 2 is 1.74 bits per heavy atom. The maximum Gasteiger partial charge on any atom is 0.342 e. The van der Waals surface area contributed by atoms with E-state index in [2.05, 4.69) is 9.47 Å². The van der Waals surface area contributed by atoms with E-state index in [-0.39, 0.29) is 16.9 Å². The summed E-state index contributed by atoms with van der Waals surface area (Å²) in [5.41, 5.74) is -0.227. The Morgan fingerprint density at radius 1 is 1.11 bits per heavy atom. The number of carboxylic acids is 1. The van der Waals surface area contributed by atoms with Gasteiger partial charge in [-0.25, -0.2) is 14.4 Å². The molecule has 0 aliphatic heterocycles. The number of benzene rings is 1. The van der Waals surface area contributed by atoms with Crippen LogP contribution in [-0.2, 0) is 14.3 Å². The average molecular weight is 268 g/mol. The molecule has 0 saturated heterocycles. The molecule has 7 heteroatoms. The van der Waals surface area contributed by atoms with Gasteiger partial charge in [0.05, 0.1) is 19.8 Å². The second-order valence-electron chi connectivity index (χ2n) is 3.34. The lowest BCUT2D eigenvalue weighted by Gasteiger charge is -2.11. The van der Waals surface area contributed by atoms with Gasteiger partial charge in [0.2, 0.25) is 0 Å². The topological polar surface area (TPSA) is 99.1 Å². The van der Waals surface area contributed by atoms with Crippen LogP contribution < -0.4 is 4.74 Å².